The monoisotopic (exact) mass is 278 g/mol. The molecular weight excluding hydrogens is 262 g/mol. The Bertz CT molecular complexity index is 518. The van der Waals surface area contributed by atoms with E-state index in [0.717, 1.165) is 12.1 Å². The minimum absolute atomic E-state index is 0.00456. The van der Waals surface area contributed by atoms with Crippen molar-refractivity contribution in [2.75, 3.05) is 6.54 Å². The minimum Gasteiger partial charge on any atom is -0.329 e. The average Bonchev–Trinajstić information content (AvgIpc) is 2.29. The van der Waals surface area contributed by atoms with Gasteiger partial charge in [0, 0.05) is 12.6 Å². The number of sulfonamides is 1. The highest BCUT2D eigenvalue weighted by atomic mass is 32.2. The summed E-state index contributed by atoms with van der Waals surface area (Å²) in [4.78, 5) is -0.319. The van der Waals surface area contributed by atoms with E-state index in [4.69, 9.17) is 5.73 Å². The zero-order valence-corrected chi connectivity index (χ0v) is 11.0. The fourth-order valence-electron chi connectivity index (χ4n) is 1.37. The Balaban J connectivity index is 3.02. The second kappa shape index (κ2) is 5.73. The molecule has 0 aromatic heterocycles. The molecule has 18 heavy (non-hydrogen) atoms. The van der Waals surface area contributed by atoms with Gasteiger partial charge in [-0.2, -0.15) is 0 Å². The van der Waals surface area contributed by atoms with Crippen LogP contribution in [0, 0.1) is 17.6 Å². The Hall–Kier alpha value is -1.05. The van der Waals surface area contributed by atoms with Crippen molar-refractivity contribution >= 4 is 10.0 Å². The van der Waals surface area contributed by atoms with Gasteiger partial charge in [-0.15, -0.1) is 0 Å². The van der Waals surface area contributed by atoms with Crippen LogP contribution in [-0.2, 0) is 10.0 Å². The summed E-state index contributed by atoms with van der Waals surface area (Å²) in [6.45, 7) is 3.75. The highest BCUT2D eigenvalue weighted by Gasteiger charge is 2.22. The molecule has 0 saturated carbocycles. The molecule has 0 spiro atoms. The van der Waals surface area contributed by atoms with Crippen molar-refractivity contribution in [3.8, 4) is 0 Å². The van der Waals surface area contributed by atoms with Gasteiger partial charge in [-0.05, 0) is 24.1 Å². The van der Waals surface area contributed by atoms with Crippen LogP contribution in [0.1, 0.15) is 13.8 Å². The highest BCUT2D eigenvalue weighted by molar-refractivity contribution is 7.89. The summed E-state index contributed by atoms with van der Waals surface area (Å²) in [7, 11) is -3.89. The summed E-state index contributed by atoms with van der Waals surface area (Å²) in [6.07, 6.45) is 0. The van der Waals surface area contributed by atoms with Gasteiger partial charge in [0.2, 0.25) is 10.0 Å². The average molecular weight is 278 g/mol. The van der Waals surface area contributed by atoms with Crippen LogP contribution in [0.2, 0.25) is 0 Å². The van der Waals surface area contributed by atoms with Crippen LogP contribution in [0.15, 0.2) is 23.1 Å². The van der Waals surface area contributed by atoms with E-state index in [1.165, 1.54) is 0 Å². The predicted molar refractivity (Wildman–Crippen MR) is 64.4 cm³/mol. The molecule has 1 rings (SSSR count). The summed E-state index contributed by atoms with van der Waals surface area (Å²) >= 11 is 0. The van der Waals surface area contributed by atoms with E-state index < -0.39 is 27.7 Å². The van der Waals surface area contributed by atoms with E-state index in [-0.39, 0.29) is 17.4 Å². The third kappa shape index (κ3) is 3.47. The molecule has 1 atom stereocenters. The van der Waals surface area contributed by atoms with Crippen molar-refractivity contribution in [1.29, 1.82) is 0 Å². The lowest BCUT2D eigenvalue weighted by Crippen LogP contribution is -2.43. The molecule has 0 aliphatic rings. The molecule has 3 N–H and O–H groups in total. The summed E-state index contributed by atoms with van der Waals surface area (Å²) in [5.74, 6) is -2.30. The fourth-order valence-corrected chi connectivity index (χ4v) is 2.78. The molecule has 0 aliphatic heterocycles. The van der Waals surface area contributed by atoms with Crippen LogP contribution in [0.3, 0.4) is 0 Å². The van der Waals surface area contributed by atoms with Crippen LogP contribution >= 0.6 is 0 Å². The van der Waals surface area contributed by atoms with Crippen LogP contribution in [0.4, 0.5) is 8.78 Å². The lowest BCUT2D eigenvalue weighted by atomic mass is 10.1. The molecule has 0 aliphatic carbocycles. The first-order valence-corrected chi connectivity index (χ1v) is 6.93. The Morgan fingerprint density at radius 1 is 1.28 bits per heavy atom. The van der Waals surface area contributed by atoms with Gasteiger partial charge in [0.1, 0.15) is 0 Å². The Morgan fingerprint density at radius 2 is 1.89 bits per heavy atom. The Morgan fingerprint density at radius 3 is 2.33 bits per heavy atom. The van der Waals surface area contributed by atoms with Crippen molar-refractivity contribution in [3.63, 3.8) is 0 Å². The lowest BCUT2D eigenvalue weighted by molar-refractivity contribution is 0.454. The maximum Gasteiger partial charge on any atom is 0.240 e. The van der Waals surface area contributed by atoms with Crippen molar-refractivity contribution in [2.45, 2.75) is 24.8 Å². The fraction of sp³-hybridized carbons (Fsp3) is 0.455. The van der Waals surface area contributed by atoms with E-state index >= 15 is 0 Å². The Kier molecular flexibility index (Phi) is 4.78. The van der Waals surface area contributed by atoms with Gasteiger partial charge >= 0.3 is 0 Å². The number of halogens is 2. The standard InChI is InChI=1S/C11H16F2N2O2S/c1-7(2)11(6-14)15-18(16,17)8-3-4-9(12)10(13)5-8/h3-5,7,11,15H,6,14H2,1-2H3. The van der Waals surface area contributed by atoms with E-state index in [1.807, 2.05) is 13.8 Å². The normalized spacial score (nSPS) is 13.9. The van der Waals surface area contributed by atoms with Gasteiger partial charge in [0.25, 0.3) is 0 Å². The molecule has 0 bridgehead atoms. The lowest BCUT2D eigenvalue weighted by Gasteiger charge is -2.20. The highest BCUT2D eigenvalue weighted by Crippen LogP contribution is 2.15. The second-order valence-electron chi connectivity index (χ2n) is 4.28. The topological polar surface area (TPSA) is 72.2 Å². The van der Waals surface area contributed by atoms with E-state index in [0.29, 0.717) is 6.07 Å². The zero-order chi connectivity index (χ0) is 13.9. The van der Waals surface area contributed by atoms with Crippen molar-refractivity contribution in [2.24, 2.45) is 11.7 Å². The van der Waals surface area contributed by atoms with E-state index in [2.05, 4.69) is 4.72 Å². The van der Waals surface area contributed by atoms with Crippen LogP contribution in [0.25, 0.3) is 0 Å². The van der Waals surface area contributed by atoms with E-state index in [1.54, 1.807) is 0 Å². The number of hydrogen-bond donors (Lipinski definition) is 2. The molecule has 1 aromatic rings. The summed E-state index contributed by atoms with van der Waals surface area (Å²) in [5.41, 5.74) is 5.45. The van der Waals surface area contributed by atoms with Gasteiger partial charge < -0.3 is 5.73 Å². The van der Waals surface area contributed by atoms with Gasteiger partial charge in [-0.25, -0.2) is 21.9 Å². The smallest absolute Gasteiger partial charge is 0.240 e. The van der Waals surface area contributed by atoms with E-state index in [9.17, 15) is 17.2 Å². The number of nitrogens with one attached hydrogen (secondary N) is 1. The molecule has 1 aromatic carbocycles. The third-order valence-electron chi connectivity index (χ3n) is 2.57. The quantitative estimate of drug-likeness (QED) is 0.851. The summed E-state index contributed by atoms with van der Waals surface area (Å²) < 4.78 is 51.9. The first kappa shape index (κ1) is 15.0. The molecule has 0 saturated heterocycles. The molecule has 0 fully saturated rings. The molecule has 1 unspecified atom stereocenters. The predicted octanol–water partition coefficient (Wildman–Crippen LogP) is 1.23. The van der Waals surface area contributed by atoms with Gasteiger partial charge in [-0.3, -0.25) is 0 Å². The third-order valence-corrected chi connectivity index (χ3v) is 4.05. The van der Waals surface area contributed by atoms with Crippen molar-refractivity contribution in [1.82, 2.24) is 4.72 Å². The first-order valence-electron chi connectivity index (χ1n) is 5.45. The second-order valence-corrected chi connectivity index (χ2v) is 6.00. The molecule has 4 nitrogen and oxygen atoms in total. The molecule has 0 heterocycles. The largest absolute Gasteiger partial charge is 0.329 e. The van der Waals surface area contributed by atoms with Crippen LogP contribution in [-0.4, -0.2) is 21.0 Å². The number of nitrogens with two attached hydrogens (primary N) is 1. The molecular formula is C11H16F2N2O2S. The van der Waals surface area contributed by atoms with Gasteiger partial charge in [0.15, 0.2) is 11.6 Å². The van der Waals surface area contributed by atoms with Crippen LogP contribution < -0.4 is 10.5 Å². The zero-order valence-electron chi connectivity index (χ0n) is 10.2. The number of benzene rings is 1. The van der Waals surface area contributed by atoms with Gasteiger partial charge in [0.05, 0.1) is 4.90 Å². The number of rotatable bonds is 5. The van der Waals surface area contributed by atoms with Crippen molar-refractivity contribution < 1.29 is 17.2 Å². The number of hydrogen-bond acceptors (Lipinski definition) is 3. The van der Waals surface area contributed by atoms with Crippen molar-refractivity contribution in [3.05, 3.63) is 29.8 Å². The summed E-state index contributed by atoms with van der Waals surface area (Å²) in [6, 6.07) is 1.97. The molecule has 102 valence electrons. The maximum absolute atomic E-state index is 13.0. The van der Waals surface area contributed by atoms with Crippen LogP contribution in [0.5, 0.6) is 0 Å². The maximum atomic E-state index is 13.0. The summed E-state index contributed by atoms with van der Waals surface area (Å²) in [5, 5.41) is 0. The SMILES string of the molecule is CC(C)C(CN)NS(=O)(=O)c1ccc(F)c(F)c1. The molecule has 7 heteroatoms. The molecule has 0 amide bonds. The first-order chi connectivity index (χ1) is 8.27. The van der Waals surface area contributed by atoms with Gasteiger partial charge in [-0.1, -0.05) is 13.8 Å². The Labute approximate surface area is 105 Å². The molecule has 0 radical (unpaired) electrons. The minimum atomic E-state index is -3.89.